The first-order chi connectivity index (χ1) is 7.15. The molecule has 0 aromatic heterocycles. The molecule has 2 atom stereocenters. The number of ether oxygens (including phenoxy) is 1. The van der Waals surface area contributed by atoms with E-state index < -0.39 is 0 Å². The van der Waals surface area contributed by atoms with Gasteiger partial charge in [0.1, 0.15) is 5.75 Å². The molecule has 1 aromatic carbocycles. The van der Waals surface area contributed by atoms with Crippen molar-refractivity contribution in [2.45, 2.75) is 29.9 Å². The fourth-order valence-corrected chi connectivity index (χ4v) is 1.88. The van der Waals surface area contributed by atoms with Gasteiger partial charge in [-0.2, -0.15) is 0 Å². The Balaban J connectivity index is 2.74. The highest BCUT2D eigenvalue weighted by molar-refractivity contribution is 9.12. The summed E-state index contributed by atoms with van der Waals surface area (Å²) >= 11 is 7.23. The SMILES string of the molecule is CCOc1ccccc1CC(Br)C(C)Br. The van der Waals surface area contributed by atoms with Crippen LogP contribution in [0.4, 0.5) is 0 Å². The van der Waals surface area contributed by atoms with Gasteiger partial charge >= 0.3 is 0 Å². The average Bonchev–Trinajstić information content (AvgIpc) is 2.21. The van der Waals surface area contributed by atoms with Crippen molar-refractivity contribution in [3.63, 3.8) is 0 Å². The van der Waals surface area contributed by atoms with Crippen LogP contribution in [0.2, 0.25) is 0 Å². The van der Waals surface area contributed by atoms with Crippen LogP contribution in [-0.2, 0) is 6.42 Å². The number of alkyl halides is 2. The monoisotopic (exact) mass is 334 g/mol. The standard InChI is InChI=1S/C12H16Br2O/c1-3-15-12-7-5-4-6-10(12)8-11(14)9(2)13/h4-7,9,11H,3,8H2,1-2H3. The molecule has 0 amide bonds. The third-order valence-corrected chi connectivity index (χ3v) is 4.65. The zero-order chi connectivity index (χ0) is 11.3. The molecular formula is C12H16Br2O. The first kappa shape index (κ1) is 13.0. The van der Waals surface area contributed by atoms with Crippen LogP contribution in [0.15, 0.2) is 24.3 Å². The molecule has 1 aromatic rings. The maximum absolute atomic E-state index is 5.58. The van der Waals surface area contributed by atoms with Crippen molar-refractivity contribution in [3.05, 3.63) is 29.8 Å². The molecular weight excluding hydrogens is 320 g/mol. The lowest BCUT2D eigenvalue weighted by atomic mass is 10.1. The van der Waals surface area contributed by atoms with Gasteiger partial charge in [-0.25, -0.2) is 0 Å². The minimum atomic E-state index is 0.430. The molecule has 15 heavy (non-hydrogen) atoms. The van der Waals surface area contributed by atoms with Crippen LogP contribution in [0, 0.1) is 0 Å². The van der Waals surface area contributed by atoms with Gasteiger partial charge in [0.25, 0.3) is 0 Å². The Hall–Kier alpha value is -0.0200. The predicted molar refractivity (Wildman–Crippen MR) is 72.4 cm³/mol. The second kappa shape index (κ2) is 6.54. The average molecular weight is 336 g/mol. The summed E-state index contributed by atoms with van der Waals surface area (Å²) < 4.78 is 5.58. The molecule has 0 aliphatic rings. The second-order valence-electron chi connectivity index (χ2n) is 3.44. The maximum atomic E-state index is 5.58. The molecule has 2 unspecified atom stereocenters. The van der Waals surface area contributed by atoms with E-state index in [0.717, 1.165) is 12.2 Å². The van der Waals surface area contributed by atoms with E-state index in [2.05, 4.69) is 50.9 Å². The molecule has 0 fully saturated rings. The van der Waals surface area contributed by atoms with Crippen LogP contribution in [0.1, 0.15) is 19.4 Å². The van der Waals surface area contributed by atoms with Crippen molar-refractivity contribution in [2.75, 3.05) is 6.61 Å². The summed E-state index contributed by atoms with van der Waals surface area (Å²) in [6, 6.07) is 8.21. The summed E-state index contributed by atoms with van der Waals surface area (Å²) in [5.41, 5.74) is 1.26. The lowest BCUT2D eigenvalue weighted by molar-refractivity contribution is 0.336. The first-order valence-electron chi connectivity index (χ1n) is 5.14. The Bertz CT molecular complexity index is 299. The van der Waals surface area contributed by atoms with E-state index in [4.69, 9.17) is 4.74 Å². The molecule has 0 saturated heterocycles. The highest BCUT2D eigenvalue weighted by Crippen LogP contribution is 2.25. The van der Waals surface area contributed by atoms with E-state index in [1.165, 1.54) is 5.56 Å². The number of hydrogen-bond acceptors (Lipinski definition) is 1. The highest BCUT2D eigenvalue weighted by Gasteiger charge is 2.13. The predicted octanol–water partition coefficient (Wildman–Crippen LogP) is 4.17. The summed E-state index contributed by atoms with van der Waals surface area (Å²) in [6.07, 6.45) is 0.975. The smallest absolute Gasteiger partial charge is 0.122 e. The third kappa shape index (κ3) is 4.15. The quantitative estimate of drug-likeness (QED) is 0.733. The number of benzene rings is 1. The Morgan fingerprint density at radius 3 is 2.53 bits per heavy atom. The molecule has 1 rings (SSSR count). The van der Waals surface area contributed by atoms with E-state index >= 15 is 0 Å². The van der Waals surface area contributed by atoms with Gasteiger partial charge in [-0.3, -0.25) is 0 Å². The van der Waals surface area contributed by atoms with E-state index in [0.29, 0.717) is 16.3 Å². The molecule has 0 bridgehead atoms. The fraction of sp³-hybridized carbons (Fsp3) is 0.500. The molecule has 0 heterocycles. The molecule has 0 radical (unpaired) electrons. The number of para-hydroxylation sites is 1. The van der Waals surface area contributed by atoms with Gasteiger partial charge in [-0.15, -0.1) is 0 Å². The van der Waals surface area contributed by atoms with Gasteiger partial charge in [0.15, 0.2) is 0 Å². The molecule has 0 saturated carbocycles. The Labute approximate surface area is 108 Å². The first-order valence-corrected chi connectivity index (χ1v) is 6.97. The lowest BCUT2D eigenvalue weighted by Crippen LogP contribution is -2.13. The van der Waals surface area contributed by atoms with Crippen molar-refractivity contribution >= 4 is 31.9 Å². The lowest BCUT2D eigenvalue weighted by Gasteiger charge is -2.15. The molecule has 1 nitrogen and oxygen atoms in total. The summed E-state index contributed by atoms with van der Waals surface area (Å²) in [7, 11) is 0. The zero-order valence-electron chi connectivity index (χ0n) is 9.04. The third-order valence-electron chi connectivity index (χ3n) is 2.19. The Morgan fingerprint density at radius 1 is 1.27 bits per heavy atom. The fourth-order valence-electron chi connectivity index (χ4n) is 1.34. The van der Waals surface area contributed by atoms with Gasteiger partial charge < -0.3 is 4.74 Å². The van der Waals surface area contributed by atoms with Gasteiger partial charge in [-0.1, -0.05) is 57.0 Å². The van der Waals surface area contributed by atoms with Gasteiger partial charge in [0.05, 0.1) is 6.61 Å². The number of rotatable bonds is 5. The molecule has 84 valence electrons. The van der Waals surface area contributed by atoms with Crippen LogP contribution < -0.4 is 4.74 Å². The van der Waals surface area contributed by atoms with Crippen LogP contribution in [0.5, 0.6) is 5.75 Å². The zero-order valence-corrected chi connectivity index (χ0v) is 12.2. The maximum Gasteiger partial charge on any atom is 0.122 e. The van der Waals surface area contributed by atoms with Crippen LogP contribution >= 0.6 is 31.9 Å². The summed E-state index contributed by atoms with van der Waals surface area (Å²) in [6.45, 7) is 4.87. The largest absolute Gasteiger partial charge is 0.494 e. The van der Waals surface area contributed by atoms with Gasteiger partial charge in [0, 0.05) is 9.65 Å². The van der Waals surface area contributed by atoms with E-state index in [-0.39, 0.29) is 0 Å². The molecule has 3 heteroatoms. The van der Waals surface area contributed by atoms with Crippen molar-refractivity contribution < 1.29 is 4.74 Å². The van der Waals surface area contributed by atoms with E-state index in [1.54, 1.807) is 0 Å². The minimum absolute atomic E-state index is 0.430. The molecule has 0 N–H and O–H groups in total. The van der Waals surface area contributed by atoms with E-state index in [9.17, 15) is 0 Å². The van der Waals surface area contributed by atoms with Gasteiger partial charge in [0.2, 0.25) is 0 Å². The van der Waals surface area contributed by atoms with Crippen molar-refractivity contribution in [1.82, 2.24) is 0 Å². The minimum Gasteiger partial charge on any atom is -0.494 e. The van der Waals surface area contributed by atoms with Crippen molar-refractivity contribution in [2.24, 2.45) is 0 Å². The molecule has 0 aliphatic heterocycles. The van der Waals surface area contributed by atoms with Crippen LogP contribution in [0.25, 0.3) is 0 Å². The van der Waals surface area contributed by atoms with Crippen molar-refractivity contribution in [3.8, 4) is 5.75 Å². The molecule has 0 spiro atoms. The number of hydrogen-bond donors (Lipinski definition) is 0. The van der Waals surface area contributed by atoms with Crippen LogP contribution in [0.3, 0.4) is 0 Å². The summed E-state index contributed by atoms with van der Waals surface area (Å²) in [5.74, 6) is 0.998. The van der Waals surface area contributed by atoms with E-state index in [1.807, 2.05) is 19.1 Å². The second-order valence-corrected chi connectivity index (χ2v) is 6.06. The van der Waals surface area contributed by atoms with Crippen LogP contribution in [-0.4, -0.2) is 16.3 Å². The van der Waals surface area contributed by atoms with Crippen molar-refractivity contribution in [1.29, 1.82) is 0 Å². The Kier molecular flexibility index (Phi) is 5.69. The summed E-state index contributed by atoms with van der Waals surface area (Å²) in [5, 5.41) is 0. The highest BCUT2D eigenvalue weighted by atomic mass is 79.9. The topological polar surface area (TPSA) is 9.23 Å². The normalized spacial score (nSPS) is 14.7. The number of halogens is 2. The summed E-state index contributed by atoms with van der Waals surface area (Å²) in [4.78, 5) is 0.881. The Morgan fingerprint density at radius 2 is 1.93 bits per heavy atom. The van der Waals surface area contributed by atoms with Gasteiger partial charge in [-0.05, 0) is 25.0 Å². The molecule has 0 aliphatic carbocycles.